The van der Waals surface area contributed by atoms with Gasteiger partial charge in [-0.15, -0.1) is 0 Å². The summed E-state index contributed by atoms with van der Waals surface area (Å²) in [5.74, 6) is 6.37. The van der Waals surface area contributed by atoms with E-state index in [9.17, 15) is 5.11 Å². The zero-order valence-electron chi connectivity index (χ0n) is 13.1. The molecule has 1 fully saturated rings. The molecule has 1 aromatic carbocycles. The van der Waals surface area contributed by atoms with Gasteiger partial charge in [-0.05, 0) is 36.5 Å². The summed E-state index contributed by atoms with van der Waals surface area (Å²) in [6, 6.07) is 10.2. The van der Waals surface area contributed by atoms with Crippen LogP contribution in [0.4, 0.5) is 0 Å². The normalized spacial score (nSPS) is 17.9. The second kappa shape index (κ2) is 8.05. The average Bonchev–Trinajstić information content (AvgIpc) is 2.52. The first kappa shape index (κ1) is 15.9. The first-order chi connectivity index (χ1) is 10.3. The number of allylic oxidation sites excluding steroid dienone is 1. The maximum Gasteiger partial charge on any atom is 0.0908 e. The highest BCUT2D eigenvalue weighted by atomic mass is 16.3. The van der Waals surface area contributed by atoms with Gasteiger partial charge < -0.3 is 5.11 Å². The number of hydrogen-bond donors (Lipinski definition) is 1. The molecule has 1 aliphatic rings. The highest BCUT2D eigenvalue weighted by molar-refractivity contribution is 5.74. The SMILES string of the molecule is CCCCC#C/C=C(/c1ccccc1)C1(O)CCCCC1. The molecule has 1 aromatic rings. The molecule has 2 rings (SSSR count). The quantitative estimate of drug-likeness (QED) is 0.611. The van der Waals surface area contributed by atoms with E-state index in [4.69, 9.17) is 0 Å². The topological polar surface area (TPSA) is 20.2 Å². The molecule has 0 atom stereocenters. The lowest BCUT2D eigenvalue weighted by atomic mass is 9.76. The van der Waals surface area contributed by atoms with Crippen molar-refractivity contribution in [3.05, 3.63) is 42.0 Å². The molecule has 112 valence electrons. The monoisotopic (exact) mass is 282 g/mol. The van der Waals surface area contributed by atoms with Crippen LogP contribution in [0.1, 0.15) is 63.9 Å². The number of rotatable bonds is 4. The molecular weight excluding hydrogens is 256 g/mol. The van der Waals surface area contributed by atoms with Gasteiger partial charge in [-0.3, -0.25) is 0 Å². The van der Waals surface area contributed by atoms with Crippen molar-refractivity contribution in [3.63, 3.8) is 0 Å². The van der Waals surface area contributed by atoms with E-state index in [1.54, 1.807) is 0 Å². The van der Waals surface area contributed by atoms with Crippen LogP contribution in [-0.4, -0.2) is 10.7 Å². The maximum absolute atomic E-state index is 11.1. The Hall–Kier alpha value is -1.52. The zero-order valence-corrected chi connectivity index (χ0v) is 13.1. The molecule has 0 aromatic heterocycles. The highest BCUT2D eigenvalue weighted by Gasteiger charge is 2.33. The van der Waals surface area contributed by atoms with Crippen molar-refractivity contribution in [2.45, 2.75) is 63.9 Å². The Morgan fingerprint density at radius 1 is 1.19 bits per heavy atom. The van der Waals surface area contributed by atoms with E-state index < -0.39 is 5.60 Å². The summed E-state index contributed by atoms with van der Waals surface area (Å²) < 4.78 is 0. The fraction of sp³-hybridized carbons (Fsp3) is 0.500. The second-order valence-corrected chi connectivity index (χ2v) is 5.94. The number of unbranched alkanes of at least 4 members (excludes halogenated alkanes) is 2. The van der Waals surface area contributed by atoms with Crippen molar-refractivity contribution in [2.24, 2.45) is 0 Å². The van der Waals surface area contributed by atoms with Crippen LogP contribution in [0.15, 0.2) is 36.4 Å². The number of hydrogen-bond acceptors (Lipinski definition) is 1. The molecule has 0 aliphatic heterocycles. The van der Waals surface area contributed by atoms with E-state index in [2.05, 4.69) is 30.9 Å². The number of benzene rings is 1. The van der Waals surface area contributed by atoms with Crippen LogP contribution >= 0.6 is 0 Å². The molecule has 1 nitrogen and oxygen atoms in total. The van der Waals surface area contributed by atoms with Crippen molar-refractivity contribution in [1.82, 2.24) is 0 Å². The van der Waals surface area contributed by atoms with Crippen molar-refractivity contribution in [2.75, 3.05) is 0 Å². The van der Waals surface area contributed by atoms with Crippen LogP contribution in [0.5, 0.6) is 0 Å². The zero-order chi connectivity index (χ0) is 15.0. The van der Waals surface area contributed by atoms with Crippen LogP contribution in [0.2, 0.25) is 0 Å². The third-order valence-corrected chi connectivity index (χ3v) is 4.24. The Kier molecular flexibility index (Phi) is 6.08. The summed E-state index contributed by atoms with van der Waals surface area (Å²) >= 11 is 0. The highest BCUT2D eigenvalue weighted by Crippen LogP contribution is 2.39. The van der Waals surface area contributed by atoms with Crippen molar-refractivity contribution < 1.29 is 5.11 Å². The van der Waals surface area contributed by atoms with Gasteiger partial charge in [-0.1, -0.05) is 74.8 Å². The lowest BCUT2D eigenvalue weighted by Crippen LogP contribution is -2.32. The van der Waals surface area contributed by atoms with Gasteiger partial charge in [0.2, 0.25) is 0 Å². The van der Waals surface area contributed by atoms with Crippen molar-refractivity contribution in [1.29, 1.82) is 0 Å². The predicted octanol–water partition coefficient (Wildman–Crippen LogP) is 4.96. The van der Waals surface area contributed by atoms with Crippen molar-refractivity contribution >= 4 is 5.57 Å². The van der Waals surface area contributed by atoms with Gasteiger partial charge in [0.25, 0.3) is 0 Å². The molecule has 1 saturated carbocycles. The lowest BCUT2D eigenvalue weighted by molar-refractivity contribution is 0.0614. The Labute approximate surface area is 129 Å². The molecule has 1 heteroatoms. The fourth-order valence-corrected chi connectivity index (χ4v) is 2.97. The van der Waals surface area contributed by atoms with Gasteiger partial charge in [0.05, 0.1) is 5.60 Å². The smallest absolute Gasteiger partial charge is 0.0908 e. The fourth-order valence-electron chi connectivity index (χ4n) is 2.97. The minimum atomic E-state index is -0.695. The Bertz CT molecular complexity index is 510. The maximum atomic E-state index is 11.1. The molecule has 0 heterocycles. The summed E-state index contributed by atoms with van der Waals surface area (Å²) in [5.41, 5.74) is 1.41. The lowest BCUT2D eigenvalue weighted by Gasteiger charge is -2.34. The van der Waals surface area contributed by atoms with Crippen molar-refractivity contribution in [3.8, 4) is 11.8 Å². The third kappa shape index (κ3) is 4.48. The van der Waals surface area contributed by atoms with Gasteiger partial charge in [-0.2, -0.15) is 0 Å². The summed E-state index contributed by atoms with van der Waals surface area (Å²) in [6.45, 7) is 2.18. The van der Waals surface area contributed by atoms with E-state index in [1.807, 2.05) is 24.3 Å². The van der Waals surface area contributed by atoms with Crippen LogP contribution in [-0.2, 0) is 0 Å². The Balaban J connectivity index is 2.25. The van der Waals surface area contributed by atoms with Gasteiger partial charge in [0.15, 0.2) is 0 Å². The summed E-state index contributed by atoms with van der Waals surface area (Å²) in [7, 11) is 0. The predicted molar refractivity (Wildman–Crippen MR) is 89.8 cm³/mol. The molecule has 0 unspecified atom stereocenters. The van der Waals surface area contributed by atoms with Gasteiger partial charge >= 0.3 is 0 Å². The molecule has 1 aliphatic carbocycles. The largest absolute Gasteiger partial charge is 0.385 e. The van der Waals surface area contributed by atoms with E-state index >= 15 is 0 Å². The molecular formula is C20H26O. The van der Waals surface area contributed by atoms with E-state index in [-0.39, 0.29) is 0 Å². The van der Waals surface area contributed by atoms with E-state index in [1.165, 1.54) is 12.8 Å². The van der Waals surface area contributed by atoms with Crippen LogP contribution in [0.3, 0.4) is 0 Å². The summed E-state index contributed by atoms with van der Waals surface area (Å²) in [5, 5.41) is 11.1. The van der Waals surface area contributed by atoms with E-state index in [0.29, 0.717) is 0 Å². The minimum Gasteiger partial charge on any atom is -0.385 e. The molecule has 0 saturated heterocycles. The standard InChI is InChI=1S/C20H26O/c1-2-3-4-5-10-15-19(18-13-8-6-9-14-18)20(21)16-11-7-12-17-20/h6,8-9,13-15,21H,2-4,7,11-12,16-17H2,1H3/b19-15-. The van der Waals surface area contributed by atoms with E-state index in [0.717, 1.165) is 49.7 Å². The molecule has 0 amide bonds. The molecule has 0 bridgehead atoms. The average molecular weight is 282 g/mol. The molecule has 0 spiro atoms. The third-order valence-electron chi connectivity index (χ3n) is 4.24. The van der Waals surface area contributed by atoms with Crippen LogP contribution in [0.25, 0.3) is 5.57 Å². The number of aliphatic hydroxyl groups is 1. The van der Waals surface area contributed by atoms with Crippen LogP contribution in [0, 0.1) is 11.8 Å². The van der Waals surface area contributed by atoms with Gasteiger partial charge in [-0.25, -0.2) is 0 Å². The van der Waals surface area contributed by atoms with Gasteiger partial charge in [0, 0.05) is 6.42 Å². The summed E-state index contributed by atoms with van der Waals surface area (Å²) in [6.07, 6.45) is 10.3. The Morgan fingerprint density at radius 3 is 2.57 bits per heavy atom. The minimum absolute atomic E-state index is 0.695. The van der Waals surface area contributed by atoms with Gasteiger partial charge in [0.1, 0.15) is 0 Å². The van der Waals surface area contributed by atoms with Crippen LogP contribution < -0.4 is 0 Å². The first-order valence-corrected chi connectivity index (χ1v) is 8.23. The second-order valence-electron chi connectivity index (χ2n) is 5.94. The first-order valence-electron chi connectivity index (χ1n) is 8.23. The summed E-state index contributed by atoms with van der Waals surface area (Å²) in [4.78, 5) is 0. The Morgan fingerprint density at radius 2 is 1.90 bits per heavy atom. The molecule has 0 radical (unpaired) electrons. The molecule has 21 heavy (non-hydrogen) atoms. The molecule has 1 N–H and O–H groups in total.